The van der Waals surface area contributed by atoms with Crippen LogP contribution in [-0.2, 0) is 0 Å². The fraction of sp³-hybridized carbons (Fsp3) is 0. The predicted molar refractivity (Wildman–Crippen MR) is 149 cm³/mol. The summed E-state index contributed by atoms with van der Waals surface area (Å²) in [6, 6.07) is 20.2. The number of aromatic nitrogens is 5. The minimum Gasteiger partial charge on any atom is -0.508 e. The number of ether oxygens (including phenoxy) is 1. The third kappa shape index (κ3) is 4.96. The first-order valence-electron chi connectivity index (χ1n) is 12.2. The van der Waals surface area contributed by atoms with E-state index in [0.717, 1.165) is 5.39 Å². The number of aromatic hydroxyl groups is 1. The number of nitrogens with zero attached hydrogens (tertiary/aromatic N) is 5. The third-order valence-electron chi connectivity index (χ3n) is 6.05. The largest absolute Gasteiger partial charge is 0.508 e. The molecule has 0 unspecified atom stereocenters. The zero-order valence-electron chi connectivity index (χ0n) is 20.8. The molecule has 10 nitrogen and oxygen atoms in total. The molecule has 6 aromatic rings. The van der Waals surface area contributed by atoms with Crippen LogP contribution in [-0.4, -0.2) is 35.5 Å². The van der Waals surface area contributed by atoms with Crippen molar-refractivity contribution in [2.75, 3.05) is 5.32 Å². The summed E-state index contributed by atoms with van der Waals surface area (Å²) in [4.78, 5) is 43.6. The van der Waals surface area contributed by atoms with E-state index in [1.165, 1.54) is 16.8 Å². The fourth-order valence-electron chi connectivity index (χ4n) is 4.14. The zero-order valence-corrected chi connectivity index (χ0v) is 20.8. The van der Waals surface area contributed by atoms with E-state index in [1.54, 1.807) is 79.5 Å². The number of benzene rings is 2. The second-order valence-electron chi connectivity index (χ2n) is 8.69. The number of carbonyl (C=O) groups excluding carboxylic acids is 1. The zero-order chi connectivity index (χ0) is 27.5. The Morgan fingerprint density at radius 2 is 1.75 bits per heavy atom. The van der Waals surface area contributed by atoms with E-state index in [2.05, 4.69) is 25.3 Å². The molecule has 0 aliphatic carbocycles. The summed E-state index contributed by atoms with van der Waals surface area (Å²) in [5.74, 6) is 0.677. The number of phenols is 1. The lowest BCUT2D eigenvalue weighted by Crippen LogP contribution is -2.28. The van der Waals surface area contributed by atoms with Gasteiger partial charge in [-0.3, -0.25) is 29.1 Å². The predicted octanol–water partition coefficient (Wildman–Crippen LogP) is 4.99. The number of rotatable bonds is 6. The van der Waals surface area contributed by atoms with Crippen LogP contribution in [0, 0.1) is 0 Å². The summed E-state index contributed by atoms with van der Waals surface area (Å²) in [6.07, 6.45) is 9.32. The molecule has 0 saturated heterocycles. The van der Waals surface area contributed by atoms with Crippen molar-refractivity contribution in [2.45, 2.75) is 0 Å². The van der Waals surface area contributed by atoms with Crippen molar-refractivity contribution in [3.05, 3.63) is 126 Å². The number of pyridine rings is 3. The van der Waals surface area contributed by atoms with Crippen LogP contribution in [0.2, 0.25) is 0 Å². The van der Waals surface area contributed by atoms with Crippen LogP contribution in [0.25, 0.3) is 27.8 Å². The lowest BCUT2D eigenvalue weighted by Gasteiger charge is -2.12. The molecule has 0 saturated carbocycles. The van der Waals surface area contributed by atoms with Crippen LogP contribution in [0.4, 0.5) is 5.82 Å². The van der Waals surface area contributed by atoms with E-state index in [1.807, 2.05) is 18.2 Å². The van der Waals surface area contributed by atoms with Gasteiger partial charge < -0.3 is 15.2 Å². The van der Waals surface area contributed by atoms with E-state index in [9.17, 15) is 14.7 Å². The summed E-state index contributed by atoms with van der Waals surface area (Å²) in [5.41, 5.74) is 1.67. The summed E-state index contributed by atoms with van der Waals surface area (Å²) in [7, 11) is 0. The molecule has 6 rings (SSSR count). The van der Waals surface area contributed by atoms with Crippen LogP contribution in [0.3, 0.4) is 0 Å². The van der Waals surface area contributed by atoms with E-state index in [4.69, 9.17) is 4.74 Å². The Balaban J connectivity index is 1.28. The number of amides is 1. The van der Waals surface area contributed by atoms with E-state index in [0.29, 0.717) is 34.0 Å². The van der Waals surface area contributed by atoms with Gasteiger partial charge in [0.25, 0.3) is 11.5 Å². The highest BCUT2D eigenvalue weighted by atomic mass is 16.5. The molecule has 0 aliphatic heterocycles. The van der Waals surface area contributed by atoms with E-state index < -0.39 is 11.5 Å². The van der Waals surface area contributed by atoms with Gasteiger partial charge in [0.2, 0.25) is 0 Å². The quantitative estimate of drug-likeness (QED) is 0.309. The molecule has 194 valence electrons. The second kappa shape index (κ2) is 10.5. The molecule has 4 heterocycles. The van der Waals surface area contributed by atoms with Gasteiger partial charge in [0.1, 0.15) is 28.6 Å². The van der Waals surface area contributed by atoms with Crippen LogP contribution in [0.15, 0.2) is 115 Å². The van der Waals surface area contributed by atoms with Crippen molar-refractivity contribution in [1.29, 1.82) is 0 Å². The highest BCUT2D eigenvalue weighted by Gasteiger charge is 2.18. The summed E-state index contributed by atoms with van der Waals surface area (Å²) < 4.78 is 7.37. The molecule has 0 bridgehead atoms. The molecule has 0 atom stereocenters. The van der Waals surface area contributed by atoms with E-state index >= 15 is 0 Å². The van der Waals surface area contributed by atoms with Crippen molar-refractivity contribution in [3.8, 4) is 34.2 Å². The van der Waals surface area contributed by atoms with Gasteiger partial charge in [0.15, 0.2) is 0 Å². The standard InChI is InChI=1S/C30H20N6O4/c37-21-6-8-23-25(15-21)32-11-10-27(23)40-22-7-9-28(34-16-22)35-29(38)24-14-19(26-17-31-12-13-33-26)18-36(30(24)39)20-4-2-1-3-5-20/h1-18,37H,(H,34,35,38). The molecule has 10 heteroatoms. The number of hydrogen-bond acceptors (Lipinski definition) is 8. The topological polar surface area (TPSA) is 132 Å². The third-order valence-corrected chi connectivity index (χ3v) is 6.05. The average molecular weight is 529 g/mol. The van der Waals surface area contributed by atoms with Crippen LogP contribution < -0.4 is 15.6 Å². The molecule has 2 N–H and O–H groups in total. The summed E-state index contributed by atoms with van der Waals surface area (Å²) >= 11 is 0. The smallest absolute Gasteiger partial charge is 0.267 e. The monoisotopic (exact) mass is 528 g/mol. The normalized spacial score (nSPS) is 10.8. The van der Waals surface area contributed by atoms with Crippen LogP contribution >= 0.6 is 0 Å². The fourth-order valence-corrected chi connectivity index (χ4v) is 4.14. The Bertz CT molecular complexity index is 1890. The number of para-hydroxylation sites is 1. The minimum atomic E-state index is -0.624. The molecule has 1 amide bonds. The van der Waals surface area contributed by atoms with Crippen molar-refractivity contribution < 1.29 is 14.6 Å². The maximum absolute atomic E-state index is 13.4. The highest BCUT2D eigenvalue weighted by molar-refractivity contribution is 6.04. The van der Waals surface area contributed by atoms with Gasteiger partial charge in [-0.2, -0.15) is 0 Å². The first-order chi connectivity index (χ1) is 19.5. The van der Waals surface area contributed by atoms with Gasteiger partial charge in [-0.1, -0.05) is 18.2 Å². The van der Waals surface area contributed by atoms with Crippen molar-refractivity contribution in [1.82, 2.24) is 24.5 Å². The van der Waals surface area contributed by atoms with Gasteiger partial charge >= 0.3 is 0 Å². The Labute approximate surface area is 227 Å². The Kier molecular flexibility index (Phi) is 6.39. The Morgan fingerprint density at radius 3 is 2.52 bits per heavy atom. The lowest BCUT2D eigenvalue weighted by molar-refractivity contribution is 0.102. The maximum Gasteiger partial charge on any atom is 0.267 e. The summed E-state index contributed by atoms with van der Waals surface area (Å²) in [5, 5.41) is 13.1. The molecule has 0 aliphatic rings. The van der Waals surface area contributed by atoms with Crippen molar-refractivity contribution >= 4 is 22.6 Å². The first kappa shape index (κ1) is 24.4. The molecular formula is C30H20N6O4. The molecule has 40 heavy (non-hydrogen) atoms. The number of fused-ring (bicyclic) bond motifs is 1. The van der Waals surface area contributed by atoms with E-state index in [-0.39, 0.29) is 17.1 Å². The second-order valence-corrected chi connectivity index (χ2v) is 8.69. The Morgan fingerprint density at radius 1 is 0.875 bits per heavy atom. The van der Waals surface area contributed by atoms with Gasteiger partial charge in [-0.25, -0.2) is 4.98 Å². The molecule has 4 aromatic heterocycles. The number of carbonyl (C=O) groups is 1. The number of hydrogen-bond donors (Lipinski definition) is 2. The van der Waals surface area contributed by atoms with Gasteiger partial charge in [-0.15, -0.1) is 0 Å². The van der Waals surface area contributed by atoms with Crippen LogP contribution in [0.1, 0.15) is 10.4 Å². The average Bonchev–Trinajstić information content (AvgIpc) is 2.99. The molecule has 2 aromatic carbocycles. The molecule has 0 radical (unpaired) electrons. The van der Waals surface area contributed by atoms with Gasteiger partial charge in [-0.05, 0) is 48.5 Å². The Hall–Kier alpha value is -5.90. The summed E-state index contributed by atoms with van der Waals surface area (Å²) in [6.45, 7) is 0. The molecule has 0 fully saturated rings. The first-order valence-corrected chi connectivity index (χ1v) is 12.2. The van der Waals surface area contributed by atoms with Gasteiger partial charge in [0.05, 0.1) is 23.6 Å². The SMILES string of the molecule is O=C(Nc1ccc(Oc2ccnc3cc(O)ccc23)cn1)c1cc(-c2cnccn2)cn(-c2ccccc2)c1=O. The maximum atomic E-state index is 13.4. The minimum absolute atomic E-state index is 0.0827. The highest BCUT2D eigenvalue weighted by Crippen LogP contribution is 2.30. The van der Waals surface area contributed by atoms with Crippen LogP contribution in [0.5, 0.6) is 17.2 Å². The molecular weight excluding hydrogens is 508 g/mol. The van der Waals surface area contributed by atoms with Crippen molar-refractivity contribution in [2.24, 2.45) is 0 Å². The van der Waals surface area contributed by atoms with Crippen molar-refractivity contribution in [3.63, 3.8) is 0 Å². The number of nitrogens with one attached hydrogen (secondary N) is 1. The molecule has 0 spiro atoms. The number of anilines is 1. The lowest BCUT2D eigenvalue weighted by atomic mass is 10.1. The van der Waals surface area contributed by atoms with Gasteiger partial charge in [0, 0.05) is 47.5 Å². The number of phenolic OH excluding ortho intramolecular Hbond substituents is 1.